The fourth-order valence-electron chi connectivity index (χ4n) is 1.25. The Morgan fingerprint density at radius 1 is 1.65 bits per heavy atom. The molecular weight excluding hydrogens is 284 g/mol. The van der Waals surface area contributed by atoms with E-state index in [2.05, 4.69) is 21.2 Å². The molecular formula is C12H13BrN2O2. The van der Waals surface area contributed by atoms with Gasteiger partial charge in [-0.1, -0.05) is 15.9 Å². The predicted molar refractivity (Wildman–Crippen MR) is 67.6 cm³/mol. The van der Waals surface area contributed by atoms with E-state index in [1.54, 1.807) is 25.1 Å². The lowest BCUT2D eigenvalue weighted by Crippen LogP contribution is -2.36. The molecule has 0 aliphatic carbocycles. The average molecular weight is 297 g/mol. The quantitative estimate of drug-likeness (QED) is 0.927. The molecule has 0 bridgehead atoms. The average Bonchev–Trinajstić information content (AvgIpc) is 2.31. The minimum atomic E-state index is -0.622. The van der Waals surface area contributed by atoms with Gasteiger partial charge >= 0.3 is 0 Å². The van der Waals surface area contributed by atoms with Gasteiger partial charge in [0, 0.05) is 11.0 Å². The van der Waals surface area contributed by atoms with Crippen molar-refractivity contribution >= 4 is 21.8 Å². The second-order valence-corrected chi connectivity index (χ2v) is 4.32. The smallest absolute Gasteiger partial charge is 0.260 e. The summed E-state index contributed by atoms with van der Waals surface area (Å²) in [5.74, 6) is 0.216. The second kappa shape index (κ2) is 6.26. The highest BCUT2D eigenvalue weighted by Crippen LogP contribution is 2.23. The van der Waals surface area contributed by atoms with E-state index in [1.165, 1.54) is 0 Å². The van der Waals surface area contributed by atoms with Crippen LogP contribution in [0.4, 0.5) is 0 Å². The van der Waals surface area contributed by atoms with Gasteiger partial charge < -0.3 is 10.1 Å². The lowest BCUT2D eigenvalue weighted by molar-refractivity contribution is -0.127. The zero-order valence-corrected chi connectivity index (χ0v) is 11.2. The number of amides is 1. The maximum Gasteiger partial charge on any atom is 0.260 e. The van der Waals surface area contributed by atoms with Crippen LogP contribution in [0.3, 0.4) is 0 Å². The Morgan fingerprint density at radius 2 is 2.35 bits per heavy atom. The van der Waals surface area contributed by atoms with Crippen LogP contribution in [0.5, 0.6) is 5.75 Å². The van der Waals surface area contributed by atoms with Crippen molar-refractivity contribution in [1.82, 2.24) is 5.32 Å². The maximum atomic E-state index is 11.5. The van der Waals surface area contributed by atoms with Crippen LogP contribution in [0.25, 0.3) is 0 Å². The largest absolute Gasteiger partial charge is 0.480 e. The number of halogens is 1. The Kier molecular flexibility index (Phi) is 4.98. The van der Waals surface area contributed by atoms with Crippen molar-refractivity contribution in [2.45, 2.75) is 20.0 Å². The summed E-state index contributed by atoms with van der Waals surface area (Å²) in [6.07, 6.45) is -0.622. The number of ether oxygens (including phenoxy) is 1. The number of carbonyl (C=O) groups is 1. The molecule has 0 radical (unpaired) electrons. The molecule has 0 spiro atoms. The van der Waals surface area contributed by atoms with Crippen molar-refractivity contribution in [2.24, 2.45) is 0 Å². The van der Waals surface area contributed by atoms with Gasteiger partial charge in [0.1, 0.15) is 11.8 Å². The topological polar surface area (TPSA) is 62.1 Å². The van der Waals surface area contributed by atoms with Crippen LogP contribution in [0.1, 0.15) is 19.4 Å². The molecule has 17 heavy (non-hydrogen) atoms. The SMILES string of the molecule is CCNC(=O)C(C)Oc1ccc(Br)cc1C#N. The van der Waals surface area contributed by atoms with Crippen LogP contribution in [-0.4, -0.2) is 18.6 Å². The Morgan fingerprint density at radius 3 is 2.94 bits per heavy atom. The first-order valence-electron chi connectivity index (χ1n) is 5.22. The summed E-state index contributed by atoms with van der Waals surface area (Å²) in [6.45, 7) is 4.04. The van der Waals surface area contributed by atoms with Crippen LogP contribution in [-0.2, 0) is 4.79 Å². The molecule has 0 heterocycles. The summed E-state index contributed by atoms with van der Waals surface area (Å²) in [7, 11) is 0. The van der Waals surface area contributed by atoms with E-state index in [0.717, 1.165) is 4.47 Å². The molecule has 0 fully saturated rings. The zero-order chi connectivity index (χ0) is 12.8. The number of hydrogen-bond acceptors (Lipinski definition) is 3. The van der Waals surface area contributed by atoms with Crippen molar-refractivity contribution in [3.05, 3.63) is 28.2 Å². The molecule has 4 nitrogen and oxygen atoms in total. The third-order valence-corrected chi connectivity index (χ3v) is 2.58. The Hall–Kier alpha value is -1.54. The molecule has 0 aliphatic rings. The number of nitriles is 1. The number of nitrogens with zero attached hydrogens (tertiary/aromatic N) is 1. The highest BCUT2D eigenvalue weighted by Gasteiger charge is 2.15. The molecule has 1 aromatic rings. The first kappa shape index (κ1) is 13.5. The summed E-state index contributed by atoms with van der Waals surface area (Å²) < 4.78 is 6.25. The minimum absolute atomic E-state index is 0.195. The number of carbonyl (C=O) groups excluding carboxylic acids is 1. The molecule has 0 aliphatic heterocycles. The Labute approximate surface area is 109 Å². The summed E-state index contributed by atoms with van der Waals surface area (Å²) in [6, 6.07) is 7.11. The van der Waals surface area contributed by atoms with E-state index >= 15 is 0 Å². The maximum absolute atomic E-state index is 11.5. The first-order chi connectivity index (χ1) is 8.08. The molecule has 1 rings (SSSR count). The molecule has 1 amide bonds. The van der Waals surface area contributed by atoms with E-state index in [1.807, 2.05) is 13.0 Å². The van der Waals surface area contributed by atoms with Gasteiger partial charge in [-0.15, -0.1) is 0 Å². The van der Waals surface area contributed by atoms with Crippen molar-refractivity contribution in [3.8, 4) is 11.8 Å². The number of hydrogen-bond donors (Lipinski definition) is 1. The Bertz CT molecular complexity index is 454. The van der Waals surface area contributed by atoms with Crippen molar-refractivity contribution < 1.29 is 9.53 Å². The number of rotatable bonds is 4. The van der Waals surface area contributed by atoms with Crippen LogP contribution in [0, 0.1) is 11.3 Å². The lowest BCUT2D eigenvalue weighted by Gasteiger charge is -2.14. The fourth-order valence-corrected chi connectivity index (χ4v) is 1.62. The summed E-state index contributed by atoms with van der Waals surface area (Å²) >= 11 is 3.27. The van der Waals surface area contributed by atoms with Crippen LogP contribution in [0.15, 0.2) is 22.7 Å². The summed E-state index contributed by atoms with van der Waals surface area (Å²) in [5, 5.41) is 11.6. The van der Waals surface area contributed by atoms with Crippen molar-refractivity contribution in [2.75, 3.05) is 6.54 Å². The van der Waals surface area contributed by atoms with E-state index in [9.17, 15) is 4.79 Å². The highest BCUT2D eigenvalue weighted by molar-refractivity contribution is 9.10. The molecule has 1 aromatic carbocycles. The van der Waals surface area contributed by atoms with Gasteiger partial charge in [0.2, 0.25) is 0 Å². The minimum Gasteiger partial charge on any atom is -0.480 e. The number of likely N-dealkylation sites (N-methyl/N-ethyl adjacent to an activating group) is 1. The highest BCUT2D eigenvalue weighted by atomic mass is 79.9. The lowest BCUT2D eigenvalue weighted by atomic mass is 10.2. The molecule has 1 atom stereocenters. The van der Waals surface area contributed by atoms with Gasteiger partial charge in [-0.05, 0) is 32.0 Å². The molecule has 90 valence electrons. The molecule has 1 N–H and O–H groups in total. The third-order valence-electron chi connectivity index (χ3n) is 2.09. The van der Waals surface area contributed by atoms with Crippen LogP contribution < -0.4 is 10.1 Å². The fraction of sp³-hybridized carbons (Fsp3) is 0.333. The molecule has 0 saturated carbocycles. The summed E-state index contributed by atoms with van der Waals surface area (Å²) in [4.78, 5) is 11.5. The van der Waals surface area contributed by atoms with Gasteiger partial charge in [-0.2, -0.15) is 5.26 Å². The van der Waals surface area contributed by atoms with E-state index < -0.39 is 6.10 Å². The van der Waals surface area contributed by atoms with E-state index in [0.29, 0.717) is 17.9 Å². The predicted octanol–water partition coefficient (Wildman–Crippen LogP) is 2.22. The monoisotopic (exact) mass is 296 g/mol. The Balaban J connectivity index is 2.82. The molecule has 0 aromatic heterocycles. The standard InChI is InChI=1S/C12H13BrN2O2/c1-3-15-12(16)8(2)17-11-5-4-10(13)6-9(11)7-14/h4-6,8H,3H2,1-2H3,(H,15,16). The zero-order valence-electron chi connectivity index (χ0n) is 9.66. The first-order valence-corrected chi connectivity index (χ1v) is 6.01. The molecule has 0 saturated heterocycles. The van der Waals surface area contributed by atoms with E-state index in [4.69, 9.17) is 10.00 Å². The number of benzene rings is 1. The number of nitrogens with one attached hydrogen (secondary N) is 1. The van der Waals surface area contributed by atoms with Gasteiger partial charge in [0.05, 0.1) is 5.56 Å². The van der Waals surface area contributed by atoms with Crippen LogP contribution in [0.2, 0.25) is 0 Å². The van der Waals surface area contributed by atoms with E-state index in [-0.39, 0.29) is 5.91 Å². The van der Waals surface area contributed by atoms with Gasteiger partial charge in [0.25, 0.3) is 5.91 Å². The third kappa shape index (κ3) is 3.75. The van der Waals surface area contributed by atoms with Gasteiger partial charge in [-0.3, -0.25) is 4.79 Å². The second-order valence-electron chi connectivity index (χ2n) is 3.41. The van der Waals surface area contributed by atoms with Gasteiger partial charge in [0.15, 0.2) is 6.10 Å². The van der Waals surface area contributed by atoms with Crippen LogP contribution >= 0.6 is 15.9 Å². The van der Waals surface area contributed by atoms with Gasteiger partial charge in [-0.25, -0.2) is 0 Å². The molecule has 1 unspecified atom stereocenters. The van der Waals surface area contributed by atoms with Crippen molar-refractivity contribution in [3.63, 3.8) is 0 Å². The summed E-state index contributed by atoms with van der Waals surface area (Å²) in [5.41, 5.74) is 0.399. The normalized spacial score (nSPS) is 11.4. The molecule has 5 heteroatoms. The van der Waals surface area contributed by atoms with Crippen molar-refractivity contribution in [1.29, 1.82) is 5.26 Å².